The quantitative estimate of drug-likeness (QED) is 0.257. The van der Waals surface area contributed by atoms with Crippen molar-refractivity contribution in [2.45, 2.75) is 78.5 Å². The summed E-state index contributed by atoms with van der Waals surface area (Å²) in [5.74, 6) is -0.663. The Balaban J connectivity index is 2.54. The maximum absolute atomic E-state index is 14.2. The number of hydrogen-bond donors (Lipinski definition) is 3. The number of phenols is 1. The predicted molar refractivity (Wildman–Crippen MR) is 153 cm³/mol. The summed E-state index contributed by atoms with van der Waals surface area (Å²) in [6.07, 6.45) is 2.68. The van der Waals surface area contributed by atoms with Crippen LogP contribution in [-0.4, -0.2) is 52.6 Å². The lowest BCUT2D eigenvalue weighted by atomic mass is 9.95. The van der Waals surface area contributed by atoms with E-state index in [0.29, 0.717) is 12.1 Å². The zero-order valence-electron chi connectivity index (χ0n) is 24.0. The van der Waals surface area contributed by atoms with Crippen LogP contribution in [0.5, 0.6) is 5.75 Å². The van der Waals surface area contributed by atoms with E-state index in [0.717, 1.165) is 29.5 Å². The average Bonchev–Trinajstić information content (AvgIpc) is 2.84. The van der Waals surface area contributed by atoms with Crippen LogP contribution in [0.1, 0.15) is 68.8 Å². The molecule has 2 aromatic rings. The molecule has 0 fully saturated rings. The predicted octanol–water partition coefficient (Wildman–Crippen LogP) is 5.12. The maximum Gasteiger partial charge on any atom is 0.408 e. The van der Waals surface area contributed by atoms with Gasteiger partial charge in [-0.05, 0) is 69.9 Å². The average molecular weight is 538 g/mol. The molecule has 3 amide bonds. The van der Waals surface area contributed by atoms with E-state index in [4.69, 9.17) is 4.74 Å². The number of benzene rings is 2. The zero-order valence-corrected chi connectivity index (χ0v) is 24.0. The number of rotatable bonds is 12. The number of aryl methyl sites for hydroxylation is 2. The van der Waals surface area contributed by atoms with Crippen LogP contribution in [-0.2, 0) is 20.7 Å². The molecule has 0 aromatic heterocycles. The highest BCUT2D eigenvalue weighted by Gasteiger charge is 2.36. The number of nitrogens with one attached hydrogen (secondary N) is 2. The first-order valence-corrected chi connectivity index (χ1v) is 13.4. The first kappa shape index (κ1) is 31.4. The van der Waals surface area contributed by atoms with Crippen LogP contribution in [0.4, 0.5) is 4.79 Å². The number of phenolic OH excluding ortho intramolecular Hbond substituents is 1. The Bertz CT molecular complexity index is 1140. The third-order valence-electron chi connectivity index (χ3n) is 6.08. The van der Waals surface area contributed by atoms with Crippen molar-refractivity contribution >= 4 is 17.9 Å². The highest BCUT2D eigenvalue weighted by molar-refractivity contribution is 5.92. The van der Waals surface area contributed by atoms with E-state index in [-0.39, 0.29) is 24.6 Å². The van der Waals surface area contributed by atoms with Gasteiger partial charge in [0.05, 0.1) is 0 Å². The summed E-state index contributed by atoms with van der Waals surface area (Å²) in [6, 6.07) is 10.2. The van der Waals surface area contributed by atoms with E-state index >= 15 is 0 Å². The highest BCUT2D eigenvalue weighted by Crippen LogP contribution is 2.27. The third kappa shape index (κ3) is 9.78. The molecule has 39 heavy (non-hydrogen) atoms. The molecule has 0 aliphatic heterocycles. The number of carbonyl (C=O) groups is 3. The molecule has 8 heteroatoms. The van der Waals surface area contributed by atoms with Crippen LogP contribution in [0.2, 0.25) is 0 Å². The van der Waals surface area contributed by atoms with E-state index in [1.165, 1.54) is 17.0 Å². The second-order valence-corrected chi connectivity index (χ2v) is 10.8. The topological polar surface area (TPSA) is 108 Å². The lowest BCUT2D eigenvalue weighted by Crippen LogP contribution is -2.54. The molecule has 0 spiro atoms. The standard InChI is InChI=1S/C31H43N3O5/c1-8-10-17-32-28(36)27(25-16-11-21(3)19-22(25)4)34(18-9-2)29(37)26(33-30(38)39-31(5,6)7)20-23-12-14-24(35)15-13-23/h9,11-16,19,26-27,35H,2,8,10,17-18,20H2,1,3-7H3,(H,32,36)(H,33,38). The molecule has 0 heterocycles. The van der Waals surface area contributed by atoms with Crippen molar-refractivity contribution in [1.29, 1.82) is 0 Å². The molecule has 212 valence electrons. The Morgan fingerprint density at radius 1 is 1.10 bits per heavy atom. The Hall–Kier alpha value is -3.81. The van der Waals surface area contributed by atoms with E-state index in [2.05, 4.69) is 17.2 Å². The molecule has 2 atom stereocenters. The van der Waals surface area contributed by atoms with Gasteiger partial charge in [0.15, 0.2) is 0 Å². The van der Waals surface area contributed by atoms with Gasteiger partial charge in [0.2, 0.25) is 11.8 Å². The van der Waals surface area contributed by atoms with Crippen LogP contribution in [0.25, 0.3) is 0 Å². The van der Waals surface area contributed by atoms with Crippen LogP contribution in [0.15, 0.2) is 55.1 Å². The van der Waals surface area contributed by atoms with Crippen molar-refractivity contribution in [2.75, 3.05) is 13.1 Å². The molecular formula is C31H43N3O5. The Kier molecular flexibility index (Phi) is 11.6. The molecule has 0 aliphatic rings. The lowest BCUT2D eigenvalue weighted by molar-refractivity contribution is -0.141. The summed E-state index contributed by atoms with van der Waals surface area (Å²) in [5.41, 5.74) is 2.57. The van der Waals surface area contributed by atoms with Gasteiger partial charge in [-0.3, -0.25) is 9.59 Å². The first-order valence-electron chi connectivity index (χ1n) is 13.4. The third-order valence-corrected chi connectivity index (χ3v) is 6.08. The van der Waals surface area contributed by atoms with Gasteiger partial charge in [-0.15, -0.1) is 6.58 Å². The smallest absolute Gasteiger partial charge is 0.408 e. The molecule has 2 unspecified atom stereocenters. The Morgan fingerprint density at radius 3 is 2.33 bits per heavy atom. The molecule has 0 bridgehead atoms. The molecule has 2 aromatic carbocycles. The summed E-state index contributed by atoms with van der Waals surface area (Å²) < 4.78 is 5.44. The molecule has 0 radical (unpaired) electrons. The normalized spacial score (nSPS) is 12.7. The van der Waals surface area contributed by atoms with Crippen molar-refractivity contribution < 1.29 is 24.2 Å². The number of ether oxygens (including phenoxy) is 1. The van der Waals surface area contributed by atoms with Crippen molar-refractivity contribution in [1.82, 2.24) is 15.5 Å². The first-order chi connectivity index (χ1) is 18.4. The second-order valence-electron chi connectivity index (χ2n) is 10.8. The van der Waals surface area contributed by atoms with Crippen molar-refractivity contribution in [3.8, 4) is 5.75 Å². The van der Waals surface area contributed by atoms with Gasteiger partial charge >= 0.3 is 6.09 Å². The molecule has 8 nitrogen and oxygen atoms in total. The minimum absolute atomic E-state index is 0.0834. The van der Waals surface area contributed by atoms with Crippen molar-refractivity contribution in [2.24, 2.45) is 0 Å². The summed E-state index contributed by atoms with van der Waals surface area (Å²) in [7, 11) is 0. The fourth-order valence-electron chi connectivity index (χ4n) is 4.25. The van der Waals surface area contributed by atoms with E-state index in [1.54, 1.807) is 39.0 Å². The number of amides is 3. The van der Waals surface area contributed by atoms with Gasteiger partial charge in [0.1, 0.15) is 23.4 Å². The summed E-state index contributed by atoms with van der Waals surface area (Å²) in [4.78, 5) is 42.1. The summed E-state index contributed by atoms with van der Waals surface area (Å²) in [6.45, 7) is 15.5. The molecular weight excluding hydrogens is 494 g/mol. The Labute approximate surface area is 232 Å². The molecule has 0 saturated heterocycles. The minimum Gasteiger partial charge on any atom is -0.508 e. The fourth-order valence-corrected chi connectivity index (χ4v) is 4.25. The molecule has 0 saturated carbocycles. The van der Waals surface area contributed by atoms with E-state index < -0.39 is 29.7 Å². The number of hydrogen-bond acceptors (Lipinski definition) is 5. The van der Waals surface area contributed by atoms with Gasteiger partial charge in [-0.1, -0.05) is 55.3 Å². The van der Waals surface area contributed by atoms with Gasteiger partial charge in [0, 0.05) is 19.5 Å². The lowest BCUT2D eigenvalue weighted by Gasteiger charge is -2.34. The number of nitrogens with zero attached hydrogens (tertiary/aromatic N) is 1. The monoisotopic (exact) mass is 537 g/mol. The zero-order chi connectivity index (χ0) is 29.2. The summed E-state index contributed by atoms with van der Waals surface area (Å²) >= 11 is 0. The van der Waals surface area contributed by atoms with Gasteiger partial charge in [-0.25, -0.2) is 4.79 Å². The van der Waals surface area contributed by atoms with Gasteiger partial charge in [0.25, 0.3) is 0 Å². The fraction of sp³-hybridized carbons (Fsp3) is 0.452. The minimum atomic E-state index is -1.04. The second kappa shape index (κ2) is 14.4. The molecule has 2 rings (SSSR count). The number of aromatic hydroxyl groups is 1. The van der Waals surface area contributed by atoms with Crippen LogP contribution >= 0.6 is 0 Å². The van der Waals surface area contributed by atoms with E-state index in [1.807, 2.05) is 39.0 Å². The number of alkyl carbamates (subject to hydrolysis) is 1. The Morgan fingerprint density at radius 2 is 1.77 bits per heavy atom. The highest BCUT2D eigenvalue weighted by atomic mass is 16.6. The van der Waals surface area contributed by atoms with Crippen LogP contribution < -0.4 is 10.6 Å². The summed E-state index contributed by atoms with van der Waals surface area (Å²) in [5, 5.41) is 15.4. The van der Waals surface area contributed by atoms with Gasteiger partial charge < -0.3 is 25.4 Å². The van der Waals surface area contributed by atoms with Gasteiger partial charge in [-0.2, -0.15) is 0 Å². The van der Waals surface area contributed by atoms with Crippen LogP contribution in [0, 0.1) is 13.8 Å². The molecule has 0 aliphatic carbocycles. The van der Waals surface area contributed by atoms with Crippen molar-refractivity contribution in [3.63, 3.8) is 0 Å². The van der Waals surface area contributed by atoms with Crippen molar-refractivity contribution in [3.05, 3.63) is 77.4 Å². The molecule has 3 N–H and O–H groups in total. The number of carbonyl (C=O) groups excluding carboxylic acids is 3. The number of unbranched alkanes of at least 4 members (excludes halogenated alkanes) is 1. The van der Waals surface area contributed by atoms with E-state index in [9.17, 15) is 19.5 Å². The largest absolute Gasteiger partial charge is 0.508 e. The SMILES string of the molecule is C=CCN(C(=O)C(Cc1ccc(O)cc1)NC(=O)OC(C)(C)C)C(C(=O)NCCCC)c1ccc(C)cc1C. The van der Waals surface area contributed by atoms with Crippen LogP contribution in [0.3, 0.4) is 0 Å². The maximum atomic E-state index is 14.2.